The number of hydrogen-bond donors (Lipinski definition) is 0. The SMILES string of the molecule is COc1cc(C2C3=C(CC(C)(C)CC3=O)OC3=C2C(=O)CC(C)(C)C3)ccc1OCc1ccc(Cl)c(Cl)c1. The first-order valence-electron chi connectivity index (χ1n) is 12.8. The van der Waals surface area contributed by atoms with E-state index < -0.39 is 5.92 Å². The minimum absolute atomic E-state index is 0.0318. The van der Waals surface area contributed by atoms with E-state index in [2.05, 4.69) is 27.7 Å². The van der Waals surface area contributed by atoms with Gasteiger partial charge in [0.05, 0.1) is 17.2 Å². The minimum Gasteiger partial charge on any atom is -0.493 e. The van der Waals surface area contributed by atoms with Crippen molar-refractivity contribution in [3.8, 4) is 11.5 Å². The van der Waals surface area contributed by atoms with Gasteiger partial charge in [-0.3, -0.25) is 9.59 Å². The van der Waals surface area contributed by atoms with E-state index in [1.807, 2.05) is 24.3 Å². The van der Waals surface area contributed by atoms with Crippen LogP contribution in [0.15, 0.2) is 59.1 Å². The van der Waals surface area contributed by atoms with Gasteiger partial charge < -0.3 is 14.2 Å². The molecule has 0 spiro atoms. The molecule has 1 heterocycles. The van der Waals surface area contributed by atoms with E-state index in [0.29, 0.717) is 69.9 Å². The zero-order valence-electron chi connectivity index (χ0n) is 22.4. The summed E-state index contributed by atoms with van der Waals surface area (Å²) in [5.41, 5.74) is 2.48. The third-order valence-corrected chi connectivity index (χ3v) is 8.22. The Balaban J connectivity index is 1.54. The summed E-state index contributed by atoms with van der Waals surface area (Å²) < 4.78 is 18.1. The third-order valence-electron chi connectivity index (χ3n) is 7.48. The topological polar surface area (TPSA) is 61.8 Å². The van der Waals surface area contributed by atoms with E-state index in [1.54, 1.807) is 19.2 Å². The standard InChI is InChI=1S/C31H32Cl2O5/c1-30(2)12-21(34)28-25(14-30)38-26-15-31(3,4)13-22(35)29(26)27(28)18-7-9-23(24(11-18)36-5)37-16-17-6-8-19(32)20(33)10-17/h6-11,27H,12-16H2,1-5H3. The van der Waals surface area contributed by atoms with Crippen LogP contribution in [0.4, 0.5) is 0 Å². The quantitative estimate of drug-likeness (QED) is 0.374. The molecule has 0 atom stereocenters. The molecular formula is C31H32Cl2O5. The molecular weight excluding hydrogens is 523 g/mol. The van der Waals surface area contributed by atoms with E-state index in [0.717, 1.165) is 11.1 Å². The lowest BCUT2D eigenvalue weighted by atomic mass is 9.65. The van der Waals surface area contributed by atoms with Crippen molar-refractivity contribution in [1.29, 1.82) is 0 Å². The molecule has 0 bridgehead atoms. The number of benzene rings is 2. The second kappa shape index (κ2) is 9.77. The van der Waals surface area contributed by atoms with Gasteiger partial charge in [-0.15, -0.1) is 0 Å². The highest BCUT2D eigenvalue weighted by Gasteiger charge is 2.47. The van der Waals surface area contributed by atoms with Crippen molar-refractivity contribution in [2.75, 3.05) is 7.11 Å². The monoisotopic (exact) mass is 554 g/mol. The molecule has 5 rings (SSSR count). The second-order valence-electron chi connectivity index (χ2n) is 12.0. The molecule has 0 aromatic heterocycles. The zero-order chi connectivity index (χ0) is 27.4. The smallest absolute Gasteiger partial charge is 0.163 e. The molecule has 0 unspecified atom stereocenters. The third kappa shape index (κ3) is 5.11. The van der Waals surface area contributed by atoms with Crippen molar-refractivity contribution in [1.82, 2.24) is 0 Å². The van der Waals surface area contributed by atoms with Crippen LogP contribution < -0.4 is 9.47 Å². The Morgan fingerprint density at radius 2 is 1.42 bits per heavy atom. The summed E-state index contributed by atoms with van der Waals surface area (Å²) in [6.07, 6.45) is 2.13. The van der Waals surface area contributed by atoms with Gasteiger partial charge in [-0.05, 0) is 46.2 Å². The lowest BCUT2D eigenvalue weighted by molar-refractivity contribution is -0.120. The predicted molar refractivity (Wildman–Crippen MR) is 148 cm³/mol. The fourth-order valence-corrected chi connectivity index (χ4v) is 6.10. The molecule has 0 N–H and O–H groups in total. The molecule has 2 aromatic carbocycles. The summed E-state index contributed by atoms with van der Waals surface area (Å²) in [6, 6.07) is 11.0. The number of rotatable bonds is 5. The molecule has 0 saturated heterocycles. The number of ketones is 2. The van der Waals surface area contributed by atoms with E-state index in [9.17, 15) is 9.59 Å². The van der Waals surface area contributed by atoms with Crippen LogP contribution >= 0.6 is 23.2 Å². The van der Waals surface area contributed by atoms with Gasteiger partial charge in [0.2, 0.25) is 0 Å². The fourth-order valence-electron chi connectivity index (χ4n) is 5.78. The van der Waals surface area contributed by atoms with Crippen molar-refractivity contribution >= 4 is 34.8 Å². The Bertz CT molecular complexity index is 1350. The average Bonchev–Trinajstić information content (AvgIpc) is 2.81. The van der Waals surface area contributed by atoms with E-state index in [4.69, 9.17) is 37.4 Å². The molecule has 2 aliphatic carbocycles. The maximum Gasteiger partial charge on any atom is 0.163 e. The summed E-state index contributed by atoms with van der Waals surface area (Å²) in [6.45, 7) is 8.59. The number of carbonyl (C=O) groups excluding carboxylic acids is 2. The van der Waals surface area contributed by atoms with Crippen LogP contribution in [0.2, 0.25) is 10.0 Å². The number of Topliss-reactive ketones (excluding diaryl/α,β-unsaturated/α-hetero) is 2. The van der Waals surface area contributed by atoms with Crippen molar-refractivity contribution < 1.29 is 23.8 Å². The maximum atomic E-state index is 13.5. The summed E-state index contributed by atoms with van der Waals surface area (Å²) in [5, 5.41) is 0.945. The van der Waals surface area contributed by atoms with Gasteiger partial charge in [0, 0.05) is 42.7 Å². The van der Waals surface area contributed by atoms with Gasteiger partial charge in [-0.25, -0.2) is 0 Å². The lowest BCUT2D eigenvalue weighted by Crippen LogP contribution is -2.37. The van der Waals surface area contributed by atoms with Crippen LogP contribution in [0.3, 0.4) is 0 Å². The molecule has 0 amide bonds. The van der Waals surface area contributed by atoms with Crippen LogP contribution in [0.25, 0.3) is 0 Å². The van der Waals surface area contributed by atoms with Crippen molar-refractivity contribution in [3.05, 3.63) is 80.2 Å². The molecule has 0 radical (unpaired) electrons. The lowest BCUT2D eigenvalue weighted by Gasteiger charge is -2.42. The first kappa shape index (κ1) is 26.8. The number of ether oxygens (including phenoxy) is 3. The Morgan fingerprint density at radius 1 is 0.816 bits per heavy atom. The highest BCUT2D eigenvalue weighted by Crippen LogP contribution is 2.53. The van der Waals surface area contributed by atoms with Crippen LogP contribution in [-0.2, 0) is 20.9 Å². The van der Waals surface area contributed by atoms with Crippen LogP contribution in [-0.4, -0.2) is 18.7 Å². The molecule has 200 valence electrons. The van der Waals surface area contributed by atoms with Crippen molar-refractivity contribution in [3.63, 3.8) is 0 Å². The molecule has 38 heavy (non-hydrogen) atoms. The number of allylic oxidation sites excluding steroid dienone is 4. The number of hydrogen-bond acceptors (Lipinski definition) is 5. The largest absolute Gasteiger partial charge is 0.493 e. The van der Waals surface area contributed by atoms with Gasteiger partial charge >= 0.3 is 0 Å². The summed E-state index contributed by atoms with van der Waals surface area (Å²) in [5.74, 6) is 2.03. The zero-order valence-corrected chi connectivity index (χ0v) is 23.9. The van der Waals surface area contributed by atoms with E-state index >= 15 is 0 Å². The summed E-state index contributed by atoms with van der Waals surface area (Å²) >= 11 is 12.2. The molecule has 1 aliphatic heterocycles. The first-order chi connectivity index (χ1) is 17.9. The van der Waals surface area contributed by atoms with Gasteiger partial charge in [-0.2, -0.15) is 0 Å². The highest BCUT2D eigenvalue weighted by atomic mass is 35.5. The molecule has 0 saturated carbocycles. The second-order valence-corrected chi connectivity index (χ2v) is 12.9. The van der Waals surface area contributed by atoms with E-state index in [1.165, 1.54) is 0 Å². The maximum absolute atomic E-state index is 13.5. The predicted octanol–water partition coefficient (Wildman–Crippen LogP) is 7.98. The molecule has 5 nitrogen and oxygen atoms in total. The van der Waals surface area contributed by atoms with Gasteiger partial charge in [0.15, 0.2) is 23.1 Å². The first-order valence-corrected chi connectivity index (χ1v) is 13.6. The Kier molecular flexibility index (Phi) is 6.90. The molecule has 0 fully saturated rings. The molecule has 3 aliphatic rings. The van der Waals surface area contributed by atoms with Crippen molar-refractivity contribution in [2.24, 2.45) is 10.8 Å². The summed E-state index contributed by atoms with van der Waals surface area (Å²) in [4.78, 5) is 27.0. The van der Waals surface area contributed by atoms with Crippen LogP contribution in [0.1, 0.15) is 70.4 Å². The van der Waals surface area contributed by atoms with Gasteiger partial charge in [0.25, 0.3) is 0 Å². The van der Waals surface area contributed by atoms with Gasteiger partial charge in [0.1, 0.15) is 18.1 Å². The minimum atomic E-state index is -0.487. The average molecular weight is 555 g/mol. The number of carbonyl (C=O) groups is 2. The number of halogens is 2. The summed E-state index contributed by atoms with van der Waals surface area (Å²) in [7, 11) is 1.58. The highest BCUT2D eigenvalue weighted by molar-refractivity contribution is 6.42. The Hall–Kier alpha value is -2.76. The fraction of sp³-hybridized carbons (Fsp3) is 0.419. The normalized spacial score (nSPS) is 20.6. The van der Waals surface area contributed by atoms with E-state index in [-0.39, 0.29) is 29.0 Å². The Morgan fingerprint density at radius 3 is 1.97 bits per heavy atom. The van der Waals surface area contributed by atoms with Crippen molar-refractivity contribution in [2.45, 2.75) is 65.9 Å². The molecule has 2 aromatic rings. The van der Waals surface area contributed by atoms with Crippen LogP contribution in [0, 0.1) is 10.8 Å². The Labute approximate surface area is 233 Å². The van der Waals surface area contributed by atoms with Crippen LogP contribution in [0.5, 0.6) is 11.5 Å². The number of methoxy groups -OCH3 is 1. The van der Waals surface area contributed by atoms with Gasteiger partial charge in [-0.1, -0.05) is 63.0 Å². The molecule has 7 heteroatoms.